The molecule has 5 fully saturated rings. The van der Waals surface area contributed by atoms with Gasteiger partial charge >= 0.3 is 11.9 Å². The molecule has 0 bridgehead atoms. The van der Waals surface area contributed by atoms with Gasteiger partial charge in [0.2, 0.25) is 0 Å². The highest BCUT2D eigenvalue weighted by Gasteiger charge is 2.65. The largest absolute Gasteiger partial charge is 0.466 e. The van der Waals surface area contributed by atoms with Gasteiger partial charge in [0, 0.05) is 19.0 Å². The van der Waals surface area contributed by atoms with Gasteiger partial charge in [-0.05, 0) is 69.7 Å². The maximum atomic E-state index is 12.8. The monoisotopic (exact) mass is 405 g/mol. The Morgan fingerprint density at radius 3 is 2.90 bits per heavy atom. The summed E-state index contributed by atoms with van der Waals surface area (Å²) in [6.45, 7) is 7.94. The highest BCUT2D eigenvalue weighted by molar-refractivity contribution is 5.76. The van der Waals surface area contributed by atoms with E-state index in [4.69, 9.17) is 14.2 Å². The van der Waals surface area contributed by atoms with Gasteiger partial charge < -0.3 is 19.1 Å². The van der Waals surface area contributed by atoms with E-state index in [0.717, 1.165) is 38.8 Å². The molecular formula is C23H35NO5. The summed E-state index contributed by atoms with van der Waals surface area (Å²) in [6, 6.07) is 0. The van der Waals surface area contributed by atoms with Crippen molar-refractivity contribution in [1.29, 1.82) is 0 Å². The molecule has 5 aliphatic rings. The van der Waals surface area contributed by atoms with E-state index in [9.17, 15) is 9.59 Å². The first-order chi connectivity index (χ1) is 13.9. The number of hydrogen-bond donors (Lipinski definition) is 0. The van der Waals surface area contributed by atoms with E-state index >= 15 is 0 Å². The number of likely N-dealkylation sites (tertiary alicyclic amines) is 1. The molecule has 0 aromatic heterocycles. The van der Waals surface area contributed by atoms with Crippen molar-refractivity contribution in [3.63, 3.8) is 0 Å². The Labute approximate surface area is 173 Å². The number of epoxide rings is 1. The summed E-state index contributed by atoms with van der Waals surface area (Å²) in [6.07, 6.45) is 7.60. The van der Waals surface area contributed by atoms with Gasteiger partial charge in [0.25, 0.3) is 0 Å². The van der Waals surface area contributed by atoms with E-state index in [-0.39, 0.29) is 40.9 Å². The van der Waals surface area contributed by atoms with Gasteiger partial charge in [-0.15, -0.1) is 0 Å². The normalized spacial score (nSPS) is 46.7. The Balaban J connectivity index is 1.28. The summed E-state index contributed by atoms with van der Waals surface area (Å²) in [5.74, 6) is 0.605. The number of rotatable bonds is 4. The second-order valence-corrected chi connectivity index (χ2v) is 10.4. The molecular weight excluding hydrogens is 370 g/mol. The zero-order valence-corrected chi connectivity index (χ0v) is 17.9. The first kappa shape index (κ1) is 19.8. The Kier molecular flexibility index (Phi) is 4.93. The van der Waals surface area contributed by atoms with E-state index < -0.39 is 0 Å². The quantitative estimate of drug-likeness (QED) is 0.529. The molecule has 0 N–H and O–H groups in total. The van der Waals surface area contributed by atoms with Crippen LogP contribution in [0.3, 0.4) is 0 Å². The number of piperidine rings is 1. The number of esters is 2. The zero-order valence-electron chi connectivity index (χ0n) is 17.9. The minimum absolute atomic E-state index is 0.0220. The Bertz CT molecular complexity index is 676. The van der Waals surface area contributed by atoms with Crippen LogP contribution in [0, 0.1) is 29.1 Å². The number of nitrogens with zero attached hydrogens (tertiary/aromatic N) is 1. The number of carbonyl (C=O) groups excluding carboxylic acids is 2. The predicted molar refractivity (Wildman–Crippen MR) is 106 cm³/mol. The van der Waals surface area contributed by atoms with Crippen molar-refractivity contribution in [2.24, 2.45) is 29.1 Å². The van der Waals surface area contributed by atoms with E-state index in [0.29, 0.717) is 31.5 Å². The average Bonchev–Trinajstić information content (AvgIpc) is 3.40. The van der Waals surface area contributed by atoms with Crippen molar-refractivity contribution in [3.05, 3.63) is 0 Å². The summed E-state index contributed by atoms with van der Waals surface area (Å²) in [5, 5.41) is 0. The zero-order chi connectivity index (χ0) is 20.2. The van der Waals surface area contributed by atoms with E-state index in [1.165, 1.54) is 19.3 Å². The summed E-state index contributed by atoms with van der Waals surface area (Å²) in [4.78, 5) is 27.3. The smallest absolute Gasteiger partial charge is 0.310 e. The van der Waals surface area contributed by atoms with Crippen LogP contribution in [0.15, 0.2) is 0 Å². The lowest BCUT2D eigenvalue weighted by atomic mass is 9.53. The van der Waals surface area contributed by atoms with E-state index in [1.807, 2.05) is 6.92 Å². The number of carbonyl (C=O) groups is 2. The van der Waals surface area contributed by atoms with E-state index in [2.05, 4.69) is 11.8 Å². The summed E-state index contributed by atoms with van der Waals surface area (Å²) < 4.78 is 17.2. The maximum Gasteiger partial charge on any atom is 0.310 e. The molecule has 29 heavy (non-hydrogen) atoms. The third-order valence-electron chi connectivity index (χ3n) is 8.66. The lowest BCUT2D eigenvalue weighted by Gasteiger charge is -2.51. The molecule has 0 aromatic carbocycles. The molecule has 0 unspecified atom stereocenters. The molecule has 7 atom stereocenters. The second-order valence-electron chi connectivity index (χ2n) is 10.4. The van der Waals surface area contributed by atoms with Crippen LogP contribution in [0.2, 0.25) is 0 Å². The predicted octanol–water partition coefficient (Wildman–Crippen LogP) is 2.79. The van der Waals surface area contributed by atoms with Crippen LogP contribution in [-0.2, 0) is 23.8 Å². The van der Waals surface area contributed by atoms with Crippen LogP contribution in [0.1, 0.15) is 58.8 Å². The van der Waals surface area contributed by atoms with Crippen LogP contribution < -0.4 is 0 Å². The minimum atomic E-state index is -0.0902. The number of fused-ring (bicyclic) bond motifs is 3. The van der Waals surface area contributed by atoms with Crippen LogP contribution >= 0.6 is 0 Å². The van der Waals surface area contributed by atoms with Gasteiger partial charge in [-0.2, -0.15) is 0 Å². The molecule has 6 nitrogen and oxygen atoms in total. The molecule has 0 radical (unpaired) electrons. The topological polar surface area (TPSA) is 68.4 Å². The second kappa shape index (κ2) is 7.23. The standard InChI is InChI=1S/C23H35NO5/c1-3-27-20(25)15-6-4-9-24(12-15)13-17-16-10-19-22(2,11-18(16)29-21(17)26)7-5-8-23(19)14-28-23/h15-19H,3-14H2,1-2H3/t15-,16-,17-,18-,19-,22-,23-/m1/s1. The van der Waals surface area contributed by atoms with Crippen molar-refractivity contribution in [1.82, 2.24) is 4.90 Å². The number of ether oxygens (including phenoxy) is 3. The fourth-order valence-electron chi connectivity index (χ4n) is 7.12. The Morgan fingerprint density at radius 1 is 1.31 bits per heavy atom. The fraction of sp³-hybridized carbons (Fsp3) is 0.913. The van der Waals surface area contributed by atoms with Crippen molar-refractivity contribution >= 4 is 11.9 Å². The average molecular weight is 406 g/mol. The van der Waals surface area contributed by atoms with Crippen molar-refractivity contribution in [2.45, 2.75) is 70.5 Å². The van der Waals surface area contributed by atoms with Gasteiger partial charge in [-0.25, -0.2) is 0 Å². The molecule has 6 heteroatoms. The third-order valence-corrected chi connectivity index (χ3v) is 8.66. The molecule has 3 saturated heterocycles. The highest BCUT2D eigenvalue weighted by Crippen LogP contribution is 2.62. The van der Waals surface area contributed by atoms with E-state index in [1.54, 1.807) is 0 Å². The maximum absolute atomic E-state index is 12.8. The lowest BCUT2D eigenvalue weighted by molar-refractivity contribution is -0.150. The fourth-order valence-corrected chi connectivity index (χ4v) is 7.12. The first-order valence-corrected chi connectivity index (χ1v) is 11.7. The molecule has 0 aromatic rings. The van der Waals surface area contributed by atoms with Crippen LogP contribution in [0.5, 0.6) is 0 Å². The highest BCUT2D eigenvalue weighted by atomic mass is 16.6. The van der Waals surface area contributed by atoms with Crippen LogP contribution in [-0.4, -0.2) is 61.4 Å². The summed E-state index contributed by atoms with van der Waals surface area (Å²) >= 11 is 0. The summed E-state index contributed by atoms with van der Waals surface area (Å²) in [7, 11) is 0. The molecule has 3 aliphatic heterocycles. The van der Waals surface area contributed by atoms with Crippen LogP contribution in [0.4, 0.5) is 0 Å². The Morgan fingerprint density at radius 2 is 2.14 bits per heavy atom. The Hall–Kier alpha value is -1.14. The van der Waals surface area contributed by atoms with Gasteiger partial charge in [-0.1, -0.05) is 6.92 Å². The SMILES string of the molecule is CCOC(=O)[C@@H]1CCCN(C[C@H]2C(=O)O[C@@H]3C[C@@]4(C)CCC[C@@]5(CO5)[C@@H]4C[C@@H]32)C1. The van der Waals surface area contributed by atoms with Gasteiger partial charge in [0.1, 0.15) is 6.10 Å². The van der Waals surface area contributed by atoms with Gasteiger partial charge in [-0.3, -0.25) is 9.59 Å². The third kappa shape index (κ3) is 3.40. The van der Waals surface area contributed by atoms with Gasteiger partial charge in [0.05, 0.1) is 30.7 Å². The summed E-state index contributed by atoms with van der Waals surface area (Å²) in [5.41, 5.74) is 0.333. The molecule has 0 amide bonds. The molecule has 162 valence electrons. The molecule has 2 saturated carbocycles. The lowest BCUT2D eigenvalue weighted by Crippen LogP contribution is -2.51. The first-order valence-electron chi connectivity index (χ1n) is 11.7. The molecule has 5 rings (SSSR count). The van der Waals surface area contributed by atoms with Crippen molar-refractivity contribution in [2.75, 3.05) is 32.8 Å². The van der Waals surface area contributed by atoms with Crippen molar-refractivity contribution in [3.8, 4) is 0 Å². The van der Waals surface area contributed by atoms with Crippen LogP contribution in [0.25, 0.3) is 0 Å². The molecule has 2 aliphatic carbocycles. The van der Waals surface area contributed by atoms with Gasteiger partial charge in [0.15, 0.2) is 0 Å². The van der Waals surface area contributed by atoms with Crippen molar-refractivity contribution < 1.29 is 23.8 Å². The minimum Gasteiger partial charge on any atom is -0.466 e. The molecule has 1 spiro atoms. The molecule has 3 heterocycles. The number of hydrogen-bond acceptors (Lipinski definition) is 6.